The lowest BCUT2D eigenvalue weighted by Gasteiger charge is -2.13. The third kappa shape index (κ3) is 4.12. The van der Waals surface area contributed by atoms with Gasteiger partial charge < -0.3 is 9.47 Å². The molecule has 0 aliphatic heterocycles. The van der Waals surface area contributed by atoms with E-state index in [9.17, 15) is 0 Å². The Hall–Kier alpha value is -3.25. The number of benzene rings is 3. The van der Waals surface area contributed by atoms with Crippen LogP contribution in [0.25, 0.3) is 17.1 Å². The molecule has 0 aliphatic carbocycles. The van der Waals surface area contributed by atoms with Crippen molar-refractivity contribution >= 4 is 11.8 Å². The molecule has 0 unspecified atom stereocenters. The highest BCUT2D eigenvalue weighted by Crippen LogP contribution is 2.34. The van der Waals surface area contributed by atoms with Crippen molar-refractivity contribution in [2.75, 3.05) is 14.2 Å². The van der Waals surface area contributed by atoms with E-state index in [0.29, 0.717) is 0 Å². The van der Waals surface area contributed by atoms with Gasteiger partial charge in [0.15, 0.2) is 11.0 Å². The summed E-state index contributed by atoms with van der Waals surface area (Å²) < 4.78 is 12.9. The zero-order valence-electron chi connectivity index (χ0n) is 16.3. The van der Waals surface area contributed by atoms with Gasteiger partial charge in [-0.25, -0.2) is 0 Å². The first kappa shape index (κ1) is 19.1. The maximum absolute atomic E-state index is 5.56. The number of rotatable bonds is 7. The van der Waals surface area contributed by atoms with Crippen molar-refractivity contribution in [2.24, 2.45) is 0 Å². The highest BCUT2D eigenvalue weighted by molar-refractivity contribution is 7.98. The fourth-order valence-electron chi connectivity index (χ4n) is 3.05. The number of thioether (sulfide) groups is 1. The fraction of sp³-hybridized carbons (Fsp3) is 0.130. The summed E-state index contributed by atoms with van der Waals surface area (Å²) in [7, 11) is 3.33. The van der Waals surface area contributed by atoms with E-state index in [0.717, 1.165) is 39.5 Å². The average molecular weight is 404 g/mol. The largest absolute Gasteiger partial charge is 0.497 e. The maximum atomic E-state index is 5.56. The number of aromatic nitrogens is 3. The SMILES string of the molecule is COc1ccc(-n2c(SCc3ccccc3)nnc2-c2ccccc2OC)cc1. The second-order valence-electron chi connectivity index (χ2n) is 6.31. The van der Waals surface area contributed by atoms with Crippen LogP contribution >= 0.6 is 11.8 Å². The number of para-hydroxylation sites is 1. The van der Waals surface area contributed by atoms with E-state index in [4.69, 9.17) is 9.47 Å². The topological polar surface area (TPSA) is 49.2 Å². The van der Waals surface area contributed by atoms with Crippen molar-refractivity contribution in [3.05, 3.63) is 84.4 Å². The van der Waals surface area contributed by atoms with Crippen LogP contribution in [0.15, 0.2) is 84.0 Å². The van der Waals surface area contributed by atoms with Crippen LogP contribution in [0.1, 0.15) is 5.56 Å². The summed E-state index contributed by atoms with van der Waals surface area (Å²) >= 11 is 1.65. The lowest BCUT2D eigenvalue weighted by Crippen LogP contribution is -2.01. The predicted octanol–water partition coefficient (Wildman–Crippen LogP) is 5.24. The van der Waals surface area contributed by atoms with Crippen molar-refractivity contribution in [2.45, 2.75) is 10.9 Å². The lowest BCUT2D eigenvalue weighted by molar-refractivity contribution is 0.414. The molecule has 6 heteroatoms. The van der Waals surface area contributed by atoms with Gasteiger partial charge in [-0.1, -0.05) is 54.2 Å². The van der Waals surface area contributed by atoms with Crippen LogP contribution in [0.2, 0.25) is 0 Å². The molecule has 0 aliphatic rings. The molecule has 0 amide bonds. The molecule has 29 heavy (non-hydrogen) atoms. The van der Waals surface area contributed by atoms with Gasteiger partial charge in [0.1, 0.15) is 11.5 Å². The van der Waals surface area contributed by atoms with Crippen molar-refractivity contribution in [3.8, 4) is 28.6 Å². The second kappa shape index (κ2) is 8.84. The first-order chi connectivity index (χ1) is 14.3. The van der Waals surface area contributed by atoms with E-state index < -0.39 is 0 Å². The Morgan fingerprint density at radius 3 is 2.24 bits per heavy atom. The molecule has 4 rings (SSSR count). The highest BCUT2D eigenvalue weighted by atomic mass is 32.2. The summed E-state index contributed by atoms with van der Waals surface area (Å²) in [6, 6.07) is 26.1. The van der Waals surface area contributed by atoms with E-state index >= 15 is 0 Å². The Morgan fingerprint density at radius 1 is 0.793 bits per heavy atom. The molecule has 3 aromatic carbocycles. The standard InChI is InChI=1S/C23H21N3O2S/c1-27-19-14-12-18(13-15-19)26-22(20-10-6-7-11-21(20)28-2)24-25-23(26)29-16-17-8-4-3-5-9-17/h3-15H,16H2,1-2H3. The smallest absolute Gasteiger partial charge is 0.196 e. The van der Waals surface area contributed by atoms with Gasteiger partial charge in [0, 0.05) is 5.75 Å². The lowest BCUT2D eigenvalue weighted by atomic mass is 10.2. The Morgan fingerprint density at radius 2 is 1.52 bits per heavy atom. The van der Waals surface area contributed by atoms with E-state index in [-0.39, 0.29) is 0 Å². The molecule has 0 saturated carbocycles. The molecule has 0 saturated heterocycles. The third-order valence-corrected chi connectivity index (χ3v) is 5.52. The van der Waals surface area contributed by atoms with Gasteiger partial charge in [-0.3, -0.25) is 4.57 Å². The normalized spacial score (nSPS) is 10.7. The van der Waals surface area contributed by atoms with Crippen molar-refractivity contribution in [3.63, 3.8) is 0 Å². The zero-order valence-corrected chi connectivity index (χ0v) is 17.1. The number of nitrogens with zero attached hydrogens (tertiary/aromatic N) is 3. The molecule has 0 N–H and O–H groups in total. The van der Waals surface area contributed by atoms with Crippen LogP contribution in [0, 0.1) is 0 Å². The summed E-state index contributed by atoms with van der Waals surface area (Å²) in [6.45, 7) is 0. The monoisotopic (exact) mass is 403 g/mol. The molecule has 0 fully saturated rings. The molecule has 5 nitrogen and oxygen atoms in total. The fourth-order valence-corrected chi connectivity index (χ4v) is 3.96. The second-order valence-corrected chi connectivity index (χ2v) is 7.26. The number of ether oxygens (including phenoxy) is 2. The average Bonchev–Trinajstić information content (AvgIpc) is 3.22. The van der Waals surface area contributed by atoms with E-state index in [2.05, 4.69) is 26.9 Å². The summed E-state index contributed by atoms with van der Waals surface area (Å²) in [4.78, 5) is 0. The predicted molar refractivity (Wildman–Crippen MR) is 116 cm³/mol. The van der Waals surface area contributed by atoms with Crippen molar-refractivity contribution in [1.29, 1.82) is 0 Å². The summed E-state index contributed by atoms with van der Waals surface area (Å²) in [5.74, 6) is 3.11. The van der Waals surface area contributed by atoms with Crippen LogP contribution in [0.3, 0.4) is 0 Å². The van der Waals surface area contributed by atoms with E-state index in [1.165, 1.54) is 5.56 Å². The van der Waals surface area contributed by atoms with Gasteiger partial charge in [0.05, 0.1) is 25.5 Å². The molecular weight excluding hydrogens is 382 g/mol. The van der Waals surface area contributed by atoms with Crippen LogP contribution in [0.5, 0.6) is 11.5 Å². The first-order valence-electron chi connectivity index (χ1n) is 9.20. The van der Waals surface area contributed by atoms with Crippen LogP contribution in [-0.2, 0) is 5.75 Å². The van der Waals surface area contributed by atoms with Crippen LogP contribution in [0.4, 0.5) is 0 Å². The molecule has 0 radical (unpaired) electrons. The van der Waals surface area contributed by atoms with E-state index in [1.54, 1.807) is 26.0 Å². The van der Waals surface area contributed by atoms with Crippen molar-refractivity contribution in [1.82, 2.24) is 14.8 Å². The molecular formula is C23H21N3O2S. The van der Waals surface area contributed by atoms with Gasteiger partial charge in [0.25, 0.3) is 0 Å². The first-order valence-corrected chi connectivity index (χ1v) is 10.2. The van der Waals surface area contributed by atoms with E-state index in [1.807, 2.05) is 66.7 Å². The van der Waals surface area contributed by atoms with Gasteiger partial charge in [-0.05, 0) is 42.0 Å². The maximum Gasteiger partial charge on any atom is 0.196 e. The van der Waals surface area contributed by atoms with Crippen molar-refractivity contribution < 1.29 is 9.47 Å². The molecule has 0 atom stereocenters. The molecule has 0 spiro atoms. The minimum Gasteiger partial charge on any atom is -0.497 e. The molecule has 1 heterocycles. The summed E-state index contributed by atoms with van der Waals surface area (Å²) in [5, 5.41) is 9.82. The van der Waals surface area contributed by atoms with Gasteiger partial charge >= 0.3 is 0 Å². The van der Waals surface area contributed by atoms with Gasteiger partial charge in [-0.15, -0.1) is 10.2 Å². The summed E-state index contributed by atoms with van der Waals surface area (Å²) in [5.41, 5.74) is 3.10. The number of methoxy groups -OCH3 is 2. The Kier molecular flexibility index (Phi) is 5.81. The molecule has 4 aromatic rings. The molecule has 0 bridgehead atoms. The highest BCUT2D eigenvalue weighted by Gasteiger charge is 2.19. The molecule has 146 valence electrons. The number of hydrogen-bond donors (Lipinski definition) is 0. The Balaban J connectivity index is 1.77. The minimum absolute atomic E-state index is 0.739. The van der Waals surface area contributed by atoms with Gasteiger partial charge in [-0.2, -0.15) is 0 Å². The Bertz CT molecular complexity index is 1080. The minimum atomic E-state index is 0.739. The third-order valence-electron chi connectivity index (χ3n) is 4.52. The van der Waals surface area contributed by atoms with Crippen LogP contribution < -0.4 is 9.47 Å². The van der Waals surface area contributed by atoms with Gasteiger partial charge in [0.2, 0.25) is 0 Å². The Labute approximate surface area is 174 Å². The quantitative estimate of drug-likeness (QED) is 0.395. The van der Waals surface area contributed by atoms with Crippen LogP contribution in [-0.4, -0.2) is 29.0 Å². The zero-order chi connectivity index (χ0) is 20.1. The summed E-state index contributed by atoms with van der Waals surface area (Å²) in [6.07, 6.45) is 0. The molecule has 1 aromatic heterocycles. The number of hydrogen-bond acceptors (Lipinski definition) is 5.